The fourth-order valence-corrected chi connectivity index (χ4v) is 1.62. The molecule has 0 aromatic heterocycles. The van der Waals surface area contributed by atoms with Gasteiger partial charge in [-0.2, -0.15) is 0 Å². The fraction of sp³-hybridized carbons (Fsp3) is 0.889. The van der Waals surface area contributed by atoms with Crippen molar-refractivity contribution in [1.82, 2.24) is 10.2 Å². The minimum Gasteiger partial charge on any atom is -0.384 e. The van der Waals surface area contributed by atoms with Gasteiger partial charge >= 0.3 is 0 Å². The lowest BCUT2D eigenvalue weighted by Gasteiger charge is -2.21. The second kappa shape index (κ2) is 5.19. The monoisotopic (exact) mass is 186 g/mol. The molecule has 1 aliphatic rings. The average Bonchev–Trinajstić information content (AvgIpc) is 2.30. The maximum absolute atomic E-state index is 11.2. The summed E-state index contributed by atoms with van der Waals surface area (Å²) < 4.78 is 5.09. The number of hydrogen-bond donors (Lipinski definition) is 1. The number of carbonyl (C=O) groups excluding carboxylic acids is 1. The maximum Gasteiger partial charge on any atom is 0.219 e. The van der Waals surface area contributed by atoms with E-state index in [1.165, 1.54) is 0 Å². The first-order valence-electron chi connectivity index (χ1n) is 4.69. The van der Waals surface area contributed by atoms with Gasteiger partial charge in [0.2, 0.25) is 5.91 Å². The lowest BCUT2D eigenvalue weighted by atomic mass is 10.1. The van der Waals surface area contributed by atoms with Crippen LogP contribution in [0.3, 0.4) is 0 Å². The second-order valence-corrected chi connectivity index (χ2v) is 3.49. The zero-order valence-corrected chi connectivity index (χ0v) is 8.38. The number of amides is 1. The third-order valence-corrected chi connectivity index (χ3v) is 2.32. The zero-order valence-electron chi connectivity index (χ0n) is 8.38. The molecular formula is C9H18N2O2. The molecule has 1 saturated heterocycles. The molecule has 4 heteroatoms. The van der Waals surface area contributed by atoms with Crippen molar-refractivity contribution in [3.63, 3.8) is 0 Å². The molecule has 0 radical (unpaired) electrons. The van der Waals surface area contributed by atoms with Gasteiger partial charge in [-0.3, -0.25) is 4.79 Å². The molecule has 0 aliphatic carbocycles. The third kappa shape index (κ3) is 3.32. The average molecular weight is 186 g/mol. The van der Waals surface area contributed by atoms with Crippen LogP contribution in [0, 0.1) is 5.92 Å². The van der Waals surface area contributed by atoms with Crippen molar-refractivity contribution in [2.45, 2.75) is 6.92 Å². The van der Waals surface area contributed by atoms with Crippen molar-refractivity contribution < 1.29 is 9.53 Å². The van der Waals surface area contributed by atoms with Gasteiger partial charge in [0.15, 0.2) is 0 Å². The number of ether oxygens (including phenoxy) is 1. The van der Waals surface area contributed by atoms with Crippen LogP contribution in [0.5, 0.6) is 0 Å². The summed E-state index contributed by atoms with van der Waals surface area (Å²) in [5.41, 5.74) is 0. The van der Waals surface area contributed by atoms with E-state index in [0.29, 0.717) is 5.92 Å². The van der Waals surface area contributed by atoms with Gasteiger partial charge in [-0.1, -0.05) is 0 Å². The molecule has 0 aromatic carbocycles. The van der Waals surface area contributed by atoms with Gasteiger partial charge < -0.3 is 15.0 Å². The summed E-state index contributed by atoms with van der Waals surface area (Å²) in [5, 5.41) is 3.29. The molecule has 1 N–H and O–H groups in total. The summed E-state index contributed by atoms with van der Waals surface area (Å²) >= 11 is 0. The van der Waals surface area contributed by atoms with Crippen molar-refractivity contribution >= 4 is 5.91 Å². The summed E-state index contributed by atoms with van der Waals surface area (Å²) in [7, 11) is 1.70. The predicted octanol–water partition coefficient (Wildman–Crippen LogP) is -0.299. The van der Waals surface area contributed by atoms with Gasteiger partial charge in [0.25, 0.3) is 0 Å². The fourth-order valence-electron chi connectivity index (χ4n) is 1.62. The Morgan fingerprint density at radius 3 is 3.08 bits per heavy atom. The number of methoxy groups -OCH3 is 1. The standard InChI is InChI=1S/C9H18N2O2/c1-8(12)11-4-3-10-5-9(6-11)7-13-2/h9-10H,3-7H2,1-2H3. The van der Waals surface area contributed by atoms with E-state index in [4.69, 9.17) is 4.74 Å². The van der Waals surface area contributed by atoms with E-state index in [-0.39, 0.29) is 5.91 Å². The minimum absolute atomic E-state index is 0.157. The van der Waals surface area contributed by atoms with Gasteiger partial charge in [-0.05, 0) is 0 Å². The van der Waals surface area contributed by atoms with Gasteiger partial charge in [0.05, 0.1) is 6.61 Å². The lowest BCUT2D eigenvalue weighted by Crippen LogP contribution is -2.35. The van der Waals surface area contributed by atoms with Crippen molar-refractivity contribution in [2.24, 2.45) is 5.92 Å². The molecule has 1 aliphatic heterocycles. The minimum atomic E-state index is 0.157. The van der Waals surface area contributed by atoms with Crippen molar-refractivity contribution in [3.8, 4) is 0 Å². The SMILES string of the molecule is COCC1CNCCN(C(C)=O)C1. The Morgan fingerprint density at radius 1 is 1.69 bits per heavy atom. The zero-order chi connectivity index (χ0) is 9.68. The normalized spacial score (nSPS) is 24.2. The van der Waals surface area contributed by atoms with Gasteiger partial charge in [-0.25, -0.2) is 0 Å². The van der Waals surface area contributed by atoms with E-state index in [0.717, 1.165) is 32.8 Å². The number of carbonyl (C=O) groups is 1. The summed E-state index contributed by atoms with van der Waals surface area (Å²) in [5.74, 6) is 0.584. The van der Waals surface area contributed by atoms with Crippen LogP contribution in [0.4, 0.5) is 0 Å². The molecule has 1 rings (SSSR count). The van der Waals surface area contributed by atoms with E-state index >= 15 is 0 Å². The maximum atomic E-state index is 11.2. The molecule has 0 spiro atoms. The summed E-state index contributed by atoms with van der Waals surface area (Å²) in [4.78, 5) is 13.0. The molecule has 1 amide bonds. The second-order valence-electron chi connectivity index (χ2n) is 3.49. The van der Waals surface area contributed by atoms with Crippen LogP contribution in [-0.2, 0) is 9.53 Å². The highest BCUT2D eigenvalue weighted by molar-refractivity contribution is 5.73. The van der Waals surface area contributed by atoms with Crippen LogP contribution in [0.15, 0.2) is 0 Å². The largest absolute Gasteiger partial charge is 0.384 e. The molecule has 1 fully saturated rings. The molecule has 4 nitrogen and oxygen atoms in total. The number of nitrogens with one attached hydrogen (secondary N) is 1. The molecule has 76 valence electrons. The first-order chi connectivity index (χ1) is 6.24. The van der Waals surface area contributed by atoms with Crippen LogP contribution < -0.4 is 5.32 Å². The highest BCUT2D eigenvalue weighted by Gasteiger charge is 2.18. The number of nitrogens with zero attached hydrogens (tertiary/aromatic N) is 1. The Bertz CT molecular complexity index is 173. The Morgan fingerprint density at radius 2 is 2.46 bits per heavy atom. The molecule has 0 bridgehead atoms. The Kier molecular flexibility index (Phi) is 4.18. The summed E-state index contributed by atoms with van der Waals surface area (Å²) in [6, 6.07) is 0. The Hall–Kier alpha value is -0.610. The van der Waals surface area contributed by atoms with Crippen molar-refractivity contribution in [3.05, 3.63) is 0 Å². The number of rotatable bonds is 2. The molecule has 1 atom stereocenters. The molecule has 0 aromatic rings. The summed E-state index contributed by atoms with van der Waals surface area (Å²) in [6.07, 6.45) is 0. The highest BCUT2D eigenvalue weighted by Crippen LogP contribution is 2.04. The van der Waals surface area contributed by atoms with Crippen LogP contribution in [-0.4, -0.2) is 50.7 Å². The first kappa shape index (κ1) is 10.5. The van der Waals surface area contributed by atoms with Crippen LogP contribution >= 0.6 is 0 Å². The van der Waals surface area contributed by atoms with Crippen LogP contribution in [0.25, 0.3) is 0 Å². The molecule has 0 saturated carbocycles. The van der Waals surface area contributed by atoms with E-state index < -0.39 is 0 Å². The third-order valence-electron chi connectivity index (χ3n) is 2.32. The smallest absolute Gasteiger partial charge is 0.219 e. The Balaban J connectivity index is 2.44. The molecular weight excluding hydrogens is 168 g/mol. The Labute approximate surface area is 79.2 Å². The van der Waals surface area contributed by atoms with E-state index in [2.05, 4.69) is 5.32 Å². The van der Waals surface area contributed by atoms with E-state index in [1.807, 2.05) is 4.90 Å². The van der Waals surface area contributed by atoms with Gasteiger partial charge in [0.1, 0.15) is 0 Å². The molecule has 1 unspecified atom stereocenters. The van der Waals surface area contributed by atoms with Gasteiger partial charge in [-0.15, -0.1) is 0 Å². The quantitative estimate of drug-likeness (QED) is 0.644. The number of hydrogen-bond acceptors (Lipinski definition) is 3. The van der Waals surface area contributed by atoms with Crippen LogP contribution in [0.1, 0.15) is 6.92 Å². The van der Waals surface area contributed by atoms with E-state index in [9.17, 15) is 4.79 Å². The predicted molar refractivity (Wildman–Crippen MR) is 50.5 cm³/mol. The topological polar surface area (TPSA) is 41.6 Å². The van der Waals surface area contributed by atoms with Crippen molar-refractivity contribution in [1.29, 1.82) is 0 Å². The van der Waals surface area contributed by atoms with Crippen LogP contribution in [0.2, 0.25) is 0 Å². The van der Waals surface area contributed by atoms with Gasteiger partial charge in [0, 0.05) is 46.1 Å². The summed E-state index contributed by atoms with van der Waals surface area (Å²) in [6.45, 7) is 5.80. The van der Waals surface area contributed by atoms with E-state index in [1.54, 1.807) is 14.0 Å². The first-order valence-corrected chi connectivity index (χ1v) is 4.69. The highest BCUT2D eigenvalue weighted by atomic mass is 16.5. The molecule has 1 heterocycles. The molecule has 13 heavy (non-hydrogen) atoms. The van der Waals surface area contributed by atoms with Crippen molar-refractivity contribution in [2.75, 3.05) is 39.9 Å². The lowest BCUT2D eigenvalue weighted by molar-refractivity contribution is -0.129.